The van der Waals surface area contributed by atoms with Crippen molar-refractivity contribution < 1.29 is 44.6 Å². The van der Waals surface area contributed by atoms with Crippen molar-refractivity contribution >= 4 is 0 Å². The molecule has 0 aliphatic rings. The zero-order valence-corrected chi connectivity index (χ0v) is 22.3. The fourth-order valence-electron chi connectivity index (χ4n) is 3.62. The number of hydrogen-bond donors (Lipinski definition) is 0. The highest BCUT2D eigenvalue weighted by atomic mass is 19.3. The summed E-state index contributed by atoms with van der Waals surface area (Å²) in [5, 5.41) is 0. The van der Waals surface area contributed by atoms with Crippen LogP contribution in [0.15, 0.2) is 66.7 Å². The summed E-state index contributed by atoms with van der Waals surface area (Å²) in [6.07, 6.45) is -2.52. The molecule has 0 saturated carbocycles. The first-order valence-electron chi connectivity index (χ1n) is 12.7. The van der Waals surface area contributed by atoms with Crippen LogP contribution < -0.4 is 9.47 Å². The van der Waals surface area contributed by atoms with Crippen LogP contribution in [0.5, 0.6) is 11.5 Å². The maximum absolute atomic E-state index is 14.8. The molecule has 4 aromatic rings. The van der Waals surface area contributed by atoms with Crippen molar-refractivity contribution in [2.75, 3.05) is 6.61 Å². The number of unbranched alkanes of at least 4 members (excludes halogenated alkanes) is 1. The van der Waals surface area contributed by atoms with Crippen LogP contribution in [0, 0.1) is 58.6 Å². The normalized spacial score (nSPS) is 10.8. The van der Waals surface area contributed by atoms with Crippen LogP contribution in [0.1, 0.15) is 47.6 Å². The Morgan fingerprint density at radius 3 is 1.74 bits per heavy atom. The van der Waals surface area contributed by atoms with Gasteiger partial charge in [0, 0.05) is 23.3 Å². The number of rotatable bonds is 7. The molecule has 0 aliphatic carbocycles. The van der Waals surface area contributed by atoms with Crippen molar-refractivity contribution in [2.45, 2.75) is 25.9 Å². The molecule has 0 aliphatic heterocycles. The van der Waals surface area contributed by atoms with Gasteiger partial charge in [0.1, 0.15) is 34.5 Å². The van der Waals surface area contributed by atoms with E-state index in [1.165, 1.54) is 12.1 Å². The van der Waals surface area contributed by atoms with Crippen molar-refractivity contribution in [1.82, 2.24) is 0 Å². The molecule has 0 bridgehead atoms. The quantitative estimate of drug-likeness (QED) is 0.0916. The lowest BCUT2D eigenvalue weighted by Crippen LogP contribution is -2.23. The summed E-state index contributed by atoms with van der Waals surface area (Å²) in [7, 11) is 0. The van der Waals surface area contributed by atoms with Gasteiger partial charge in [-0.3, -0.25) is 0 Å². The number of ether oxygens (including phenoxy) is 2. The Kier molecular flexibility index (Phi) is 9.62. The summed E-state index contributed by atoms with van der Waals surface area (Å²) in [5.74, 6) is 1.34. The average Bonchev–Trinajstić information content (AvgIpc) is 2.95. The second kappa shape index (κ2) is 13.3. The van der Waals surface area contributed by atoms with Gasteiger partial charge in [0.05, 0.1) is 17.7 Å². The van der Waals surface area contributed by atoms with E-state index < -0.39 is 52.3 Å². The number of alkyl halides is 2. The van der Waals surface area contributed by atoms with E-state index in [4.69, 9.17) is 4.74 Å². The summed E-state index contributed by atoms with van der Waals surface area (Å²) in [6.45, 7) is 2.42. The summed E-state index contributed by atoms with van der Waals surface area (Å²) in [6, 6.07) is 10.3. The fraction of sp³-hybridized carbons (Fsp3) is 0.152. The molecule has 0 spiro atoms. The molecule has 0 radical (unpaired) electrons. The molecule has 43 heavy (non-hydrogen) atoms. The molecule has 0 saturated heterocycles. The van der Waals surface area contributed by atoms with E-state index in [1.807, 2.05) is 6.92 Å². The smallest absolute Gasteiger partial charge is 0.429 e. The monoisotopic (exact) mass is 600 g/mol. The second-order valence-electron chi connectivity index (χ2n) is 9.05. The van der Waals surface area contributed by atoms with Crippen molar-refractivity contribution in [3.63, 3.8) is 0 Å². The molecule has 0 fully saturated rings. The van der Waals surface area contributed by atoms with Crippen LogP contribution in [-0.4, -0.2) is 6.61 Å². The zero-order valence-electron chi connectivity index (χ0n) is 22.3. The van der Waals surface area contributed by atoms with E-state index in [1.54, 1.807) is 0 Å². The molecule has 220 valence electrons. The van der Waals surface area contributed by atoms with Crippen molar-refractivity contribution in [2.24, 2.45) is 0 Å². The third kappa shape index (κ3) is 7.87. The Morgan fingerprint density at radius 2 is 1.16 bits per heavy atom. The fourth-order valence-corrected chi connectivity index (χ4v) is 3.62. The molecule has 10 heteroatoms. The van der Waals surface area contributed by atoms with E-state index in [0.717, 1.165) is 49.2 Å². The molecule has 0 atom stereocenters. The topological polar surface area (TPSA) is 18.5 Å². The van der Waals surface area contributed by atoms with Crippen LogP contribution in [0.3, 0.4) is 0 Å². The van der Waals surface area contributed by atoms with E-state index >= 15 is 0 Å². The number of halogens is 8. The lowest BCUT2D eigenvalue weighted by molar-refractivity contribution is -0.187. The third-order valence-corrected chi connectivity index (χ3v) is 5.84. The Morgan fingerprint density at radius 1 is 0.605 bits per heavy atom. The van der Waals surface area contributed by atoms with Crippen LogP contribution in [0.4, 0.5) is 35.1 Å². The highest BCUT2D eigenvalue weighted by Crippen LogP contribution is 2.34. The molecule has 0 heterocycles. The SMILES string of the molecule is CCCCOc1ccc(C#Cc2ccc(C(F)(F)Oc3ccc(C#Cc4cc(F)c(F)c(F)c4)c(F)c3)c(F)c2)c(F)c1. The Labute approximate surface area is 241 Å². The van der Waals surface area contributed by atoms with Gasteiger partial charge in [0.25, 0.3) is 0 Å². The zero-order chi connectivity index (χ0) is 31.1. The first-order chi connectivity index (χ1) is 20.5. The lowest BCUT2D eigenvalue weighted by atomic mass is 10.1. The minimum atomic E-state index is -4.24. The van der Waals surface area contributed by atoms with E-state index in [2.05, 4.69) is 28.4 Å². The van der Waals surface area contributed by atoms with Crippen LogP contribution in [-0.2, 0) is 6.11 Å². The van der Waals surface area contributed by atoms with Gasteiger partial charge in [-0.25, -0.2) is 26.3 Å². The van der Waals surface area contributed by atoms with Gasteiger partial charge in [-0.15, -0.1) is 0 Å². The van der Waals surface area contributed by atoms with Crippen LogP contribution in [0.25, 0.3) is 0 Å². The van der Waals surface area contributed by atoms with Gasteiger partial charge in [-0.2, -0.15) is 8.78 Å². The van der Waals surface area contributed by atoms with E-state index in [-0.39, 0.29) is 22.3 Å². The number of benzene rings is 4. The van der Waals surface area contributed by atoms with Crippen LogP contribution in [0.2, 0.25) is 0 Å². The lowest BCUT2D eigenvalue weighted by Gasteiger charge is -2.19. The summed E-state index contributed by atoms with van der Waals surface area (Å²) in [5.41, 5.74) is -1.82. The molecular formula is C33H20F8O2. The van der Waals surface area contributed by atoms with Gasteiger partial charge < -0.3 is 9.47 Å². The van der Waals surface area contributed by atoms with Crippen molar-refractivity contribution in [1.29, 1.82) is 0 Å². The largest absolute Gasteiger partial charge is 0.493 e. The second-order valence-corrected chi connectivity index (χ2v) is 9.05. The molecule has 0 unspecified atom stereocenters. The van der Waals surface area contributed by atoms with Crippen molar-refractivity contribution in [3.05, 3.63) is 129 Å². The maximum atomic E-state index is 14.8. The summed E-state index contributed by atoms with van der Waals surface area (Å²) >= 11 is 0. The van der Waals surface area contributed by atoms with Gasteiger partial charge in [0.2, 0.25) is 0 Å². The van der Waals surface area contributed by atoms with Gasteiger partial charge in [0.15, 0.2) is 17.5 Å². The molecule has 4 aromatic carbocycles. The summed E-state index contributed by atoms with van der Waals surface area (Å²) < 4.78 is 123. The average molecular weight is 601 g/mol. The molecule has 2 nitrogen and oxygen atoms in total. The highest BCUT2D eigenvalue weighted by Gasteiger charge is 2.37. The Hall–Kier alpha value is -4.96. The minimum Gasteiger partial charge on any atom is -0.493 e. The first-order valence-corrected chi connectivity index (χ1v) is 12.7. The van der Waals surface area contributed by atoms with Gasteiger partial charge in [-0.05, 0) is 61.0 Å². The van der Waals surface area contributed by atoms with E-state index in [0.29, 0.717) is 30.6 Å². The summed E-state index contributed by atoms with van der Waals surface area (Å²) in [4.78, 5) is 0. The molecule has 0 aromatic heterocycles. The Bertz CT molecular complexity index is 1750. The third-order valence-electron chi connectivity index (χ3n) is 5.84. The maximum Gasteiger partial charge on any atom is 0.429 e. The highest BCUT2D eigenvalue weighted by molar-refractivity contribution is 5.47. The molecule has 0 N–H and O–H groups in total. The van der Waals surface area contributed by atoms with E-state index in [9.17, 15) is 35.1 Å². The predicted molar refractivity (Wildman–Crippen MR) is 142 cm³/mol. The molecule has 4 rings (SSSR count). The van der Waals surface area contributed by atoms with Crippen LogP contribution >= 0.6 is 0 Å². The predicted octanol–water partition coefficient (Wildman–Crippen LogP) is 8.63. The first kappa shape index (κ1) is 31.0. The standard InChI is InChI=1S/C33H20F8O2/c1-2-3-14-42-24-11-9-22(27(34)18-24)7-4-20-6-13-26(29(36)15-20)33(40,41)43-25-12-10-23(28(35)19-25)8-5-21-16-30(37)32(39)31(38)17-21/h6,9-13,15-19H,2-3,14H2,1H3. The molecule has 0 amide bonds. The molecular weight excluding hydrogens is 580 g/mol. The van der Waals surface area contributed by atoms with Gasteiger partial charge >= 0.3 is 6.11 Å². The minimum absolute atomic E-state index is 0.00635. The Balaban J connectivity index is 1.47. The van der Waals surface area contributed by atoms with Gasteiger partial charge in [-0.1, -0.05) is 37.0 Å². The van der Waals surface area contributed by atoms with Crippen molar-refractivity contribution in [3.8, 4) is 35.2 Å². The number of hydrogen-bond acceptors (Lipinski definition) is 2.